The van der Waals surface area contributed by atoms with Gasteiger partial charge in [0.1, 0.15) is 5.84 Å². The number of carbonyl (C=O) groups is 1. The monoisotopic (exact) mass is 258 g/mol. The molecule has 0 amide bonds. The molecule has 0 aliphatic carbocycles. The third-order valence-corrected chi connectivity index (χ3v) is 2.32. The standard InChI is InChI=1S/C14H18N4O/c1-5-6-13(15-4)18-14-16-9-12(11(3)17-14)8-7-10(2)19/h5-9H,1-4H3,(H,15,16,17,18)/b6-5-,8-7-. The Morgan fingerprint density at radius 1 is 1.42 bits per heavy atom. The minimum atomic E-state index is -0.00455. The van der Waals surface area contributed by atoms with Gasteiger partial charge in [-0.15, -0.1) is 0 Å². The predicted molar refractivity (Wildman–Crippen MR) is 78.3 cm³/mol. The minimum absolute atomic E-state index is 0.00455. The highest BCUT2D eigenvalue weighted by Crippen LogP contribution is 2.09. The lowest BCUT2D eigenvalue weighted by Crippen LogP contribution is -2.12. The minimum Gasteiger partial charge on any atom is -0.309 e. The van der Waals surface area contributed by atoms with Gasteiger partial charge in [0.05, 0.1) is 5.69 Å². The molecule has 0 saturated heterocycles. The fourth-order valence-electron chi connectivity index (χ4n) is 1.35. The van der Waals surface area contributed by atoms with Crippen molar-refractivity contribution in [2.75, 3.05) is 12.4 Å². The zero-order valence-electron chi connectivity index (χ0n) is 11.6. The molecule has 0 atom stereocenters. The van der Waals surface area contributed by atoms with Gasteiger partial charge in [-0.1, -0.05) is 6.08 Å². The maximum absolute atomic E-state index is 10.9. The third kappa shape index (κ3) is 4.83. The summed E-state index contributed by atoms with van der Waals surface area (Å²) in [6.07, 6.45) is 8.60. The molecule has 19 heavy (non-hydrogen) atoms. The first-order valence-corrected chi connectivity index (χ1v) is 5.95. The molecule has 5 heteroatoms. The van der Waals surface area contributed by atoms with E-state index in [4.69, 9.17) is 0 Å². The molecule has 5 nitrogen and oxygen atoms in total. The van der Waals surface area contributed by atoms with E-state index in [0.717, 1.165) is 11.3 Å². The molecule has 0 aliphatic heterocycles. The van der Waals surface area contributed by atoms with Crippen LogP contribution in [0, 0.1) is 6.92 Å². The lowest BCUT2D eigenvalue weighted by atomic mass is 10.2. The Morgan fingerprint density at radius 2 is 2.16 bits per heavy atom. The van der Waals surface area contributed by atoms with Crippen molar-refractivity contribution in [3.63, 3.8) is 0 Å². The first-order chi connectivity index (χ1) is 9.06. The van der Waals surface area contributed by atoms with Crippen molar-refractivity contribution in [3.05, 3.63) is 35.7 Å². The maximum Gasteiger partial charge on any atom is 0.228 e. The van der Waals surface area contributed by atoms with Gasteiger partial charge in [-0.25, -0.2) is 9.97 Å². The van der Waals surface area contributed by atoms with Crippen LogP contribution < -0.4 is 5.32 Å². The molecule has 1 heterocycles. The molecule has 1 N–H and O–H groups in total. The molecule has 1 aromatic heterocycles. The molecule has 0 fully saturated rings. The number of nitrogens with zero attached hydrogens (tertiary/aromatic N) is 3. The van der Waals surface area contributed by atoms with Gasteiger partial charge >= 0.3 is 0 Å². The van der Waals surface area contributed by atoms with Gasteiger partial charge in [0.25, 0.3) is 0 Å². The lowest BCUT2D eigenvalue weighted by Gasteiger charge is -2.06. The molecule has 100 valence electrons. The summed E-state index contributed by atoms with van der Waals surface area (Å²) in [4.78, 5) is 23.5. The first kappa shape index (κ1) is 14.8. The molecule has 1 rings (SSSR count). The van der Waals surface area contributed by atoms with E-state index in [1.54, 1.807) is 19.3 Å². The van der Waals surface area contributed by atoms with E-state index in [2.05, 4.69) is 20.3 Å². The Morgan fingerprint density at radius 3 is 2.68 bits per heavy atom. The quantitative estimate of drug-likeness (QED) is 0.511. The molecule has 0 bridgehead atoms. The average molecular weight is 258 g/mol. The van der Waals surface area contributed by atoms with Gasteiger partial charge in [-0.05, 0) is 39.0 Å². The van der Waals surface area contributed by atoms with E-state index >= 15 is 0 Å². The van der Waals surface area contributed by atoms with Crippen molar-refractivity contribution in [1.82, 2.24) is 9.97 Å². The van der Waals surface area contributed by atoms with Crippen LogP contribution in [-0.2, 0) is 4.79 Å². The van der Waals surface area contributed by atoms with Crippen molar-refractivity contribution in [1.29, 1.82) is 0 Å². The van der Waals surface area contributed by atoms with Crippen LogP contribution in [0.5, 0.6) is 0 Å². The number of hydrogen-bond acceptors (Lipinski definition) is 4. The number of allylic oxidation sites excluding steroid dienone is 2. The number of carbonyl (C=O) groups excluding carboxylic acids is 1. The van der Waals surface area contributed by atoms with Gasteiger partial charge in [0.15, 0.2) is 5.78 Å². The predicted octanol–water partition coefficient (Wildman–Crippen LogP) is 2.40. The van der Waals surface area contributed by atoms with Crippen LogP contribution in [-0.4, -0.2) is 28.6 Å². The zero-order chi connectivity index (χ0) is 14.3. The van der Waals surface area contributed by atoms with Crippen molar-refractivity contribution in [2.45, 2.75) is 20.8 Å². The fourth-order valence-corrected chi connectivity index (χ4v) is 1.35. The van der Waals surface area contributed by atoms with Crippen LogP contribution in [0.4, 0.5) is 5.95 Å². The number of ketones is 1. The van der Waals surface area contributed by atoms with E-state index in [1.807, 2.05) is 26.0 Å². The third-order valence-electron chi connectivity index (χ3n) is 2.32. The lowest BCUT2D eigenvalue weighted by molar-refractivity contribution is -0.112. The van der Waals surface area contributed by atoms with E-state index in [1.165, 1.54) is 13.0 Å². The molecule has 0 saturated carbocycles. The highest BCUT2D eigenvalue weighted by molar-refractivity contribution is 6.02. The Kier molecular flexibility index (Phi) is 5.60. The Bertz CT molecular complexity index is 544. The number of aromatic nitrogens is 2. The SMILES string of the molecule is C/C=C\C(=NC)Nc1ncc(/C=C\C(C)=O)c(C)n1. The Balaban J connectivity index is 2.91. The molecule has 0 radical (unpaired) electrons. The fraction of sp³-hybridized carbons (Fsp3) is 0.286. The number of anilines is 1. The summed E-state index contributed by atoms with van der Waals surface area (Å²) in [7, 11) is 1.69. The topological polar surface area (TPSA) is 67.2 Å². The van der Waals surface area contributed by atoms with Gasteiger partial charge in [0.2, 0.25) is 5.95 Å². The average Bonchev–Trinajstić information content (AvgIpc) is 2.37. The van der Waals surface area contributed by atoms with Crippen LogP contribution >= 0.6 is 0 Å². The number of amidine groups is 1. The van der Waals surface area contributed by atoms with Crippen molar-refractivity contribution >= 4 is 23.6 Å². The van der Waals surface area contributed by atoms with Gasteiger partial charge in [0, 0.05) is 18.8 Å². The maximum atomic E-state index is 10.9. The second-order valence-electron chi connectivity index (χ2n) is 3.91. The second-order valence-corrected chi connectivity index (χ2v) is 3.91. The summed E-state index contributed by atoms with van der Waals surface area (Å²) in [6, 6.07) is 0. The molecule has 0 aliphatic rings. The van der Waals surface area contributed by atoms with Crippen molar-refractivity contribution in [3.8, 4) is 0 Å². The number of nitrogens with one attached hydrogen (secondary N) is 1. The summed E-state index contributed by atoms with van der Waals surface area (Å²) in [5.41, 5.74) is 1.62. The van der Waals surface area contributed by atoms with Crippen LogP contribution in [0.15, 0.2) is 29.4 Å². The smallest absolute Gasteiger partial charge is 0.228 e. The summed E-state index contributed by atoms with van der Waals surface area (Å²) < 4.78 is 0. The van der Waals surface area contributed by atoms with E-state index in [9.17, 15) is 4.79 Å². The van der Waals surface area contributed by atoms with Crippen molar-refractivity contribution in [2.24, 2.45) is 4.99 Å². The van der Waals surface area contributed by atoms with E-state index in [-0.39, 0.29) is 5.78 Å². The molecular weight excluding hydrogens is 240 g/mol. The number of hydrogen-bond donors (Lipinski definition) is 1. The summed E-state index contributed by atoms with van der Waals surface area (Å²) >= 11 is 0. The van der Waals surface area contributed by atoms with Crippen LogP contribution in [0.1, 0.15) is 25.1 Å². The molecular formula is C14H18N4O. The van der Waals surface area contributed by atoms with Crippen molar-refractivity contribution < 1.29 is 4.79 Å². The van der Waals surface area contributed by atoms with Gasteiger partial charge < -0.3 is 5.32 Å². The highest BCUT2D eigenvalue weighted by Gasteiger charge is 2.02. The number of aliphatic imine (C=N–C) groups is 1. The molecule has 1 aromatic rings. The summed E-state index contributed by atoms with van der Waals surface area (Å²) in [6.45, 7) is 5.28. The number of rotatable bonds is 4. The normalized spacial score (nSPS) is 12.3. The van der Waals surface area contributed by atoms with Crippen LogP contribution in [0.2, 0.25) is 0 Å². The first-order valence-electron chi connectivity index (χ1n) is 5.95. The summed E-state index contributed by atoms with van der Waals surface area (Å²) in [5, 5.41) is 3.01. The number of aryl methyl sites for hydroxylation is 1. The molecule has 0 unspecified atom stereocenters. The van der Waals surface area contributed by atoms with E-state index < -0.39 is 0 Å². The van der Waals surface area contributed by atoms with Crippen LogP contribution in [0.25, 0.3) is 6.08 Å². The summed E-state index contributed by atoms with van der Waals surface area (Å²) in [5.74, 6) is 1.17. The molecule has 0 aromatic carbocycles. The van der Waals surface area contributed by atoms with Crippen LogP contribution in [0.3, 0.4) is 0 Å². The van der Waals surface area contributed by atoms with E-state index in [0.29, 0.717) is 11.8 Å². The Labute approximate surface area is 113 Å². The molecule has 0 spiro atoms. The second kappa shape index (κ2) is 7.20. The Hall–Kier alpha value is -2.30. The van der Waals surface area contributed by atoms with Gasteiger partial charge in [-0.3, -0.25) is 9.79 Å². The largest absolute Gasteiger partial charge is 0.309 e. The highest BCUT2D eigenvalue weighted by atomic mass is 16.1. The zero-order valence-corrected chi connectivity index (χ0v) is 11.6. The van der Waals surface area contributed by atoms with Gasteiger partial charge in [-0.2, -0.15) is 0 Å².